The molecule has 0 spiro atoms. The number of rotatable bonds is 4. The molecule has 2 heterocycles. The van der Waals surface area contributed by atoms with Gasteiger partial charge in [-0.2, -0.15) is 5.10 Å². The first-order valence-electron chi connectivity index (χ1n) is 9.89. The zero-order valence-electron chi connectivity index (χ0n) is 17.4. The zero-order chi connectivity index (χ0) is 21.4. The molecule has 2 aromatic rings. The summed E-state index contributed by atoms with van der Waals surface area (Å²) in [5.74, 6) is -0.335. The summed E-state index contributed by atoms with van der Waals surface area (Å²) >= 11 is 0. The van der Waals surface area contributed by atoms with E-state index in [1.54, 1.807) is 17.0 Å². The maximum absolute atomic E-state index is 12.9. The van der Waals surface area contributed by atoms with E-state index in [0.717, 1.165) is 22.3 Å². The molecule has 152 valence electrons. The minimum absolute atomic E-state index is 0.0544. The third kappa shape index (κ3) is 3.34. The zero-order valence-corrected chi connectivity index (χ0v) is 17.4. The highest BCUT2D eigenvalue weighted by Gasteiger charge is 2.43. The van der Waals surface area contributed by atoms with Gasteiger partial charge in [-0.3, -0.25) is 9.80 Å². The number of carbonyl (C=O) groups excluding carboxylic acids is 1. The first kappa shape index (κ1) is 19.8. The van der Waals surface area contributed by atoms with Crippen molar-refractivity contribution in [3.05, 3.63) is 99.2 Å². The molecule has 2 aliphatic heterocycles. The van der Waals surface area contributed by atoms with Crippen LogP contribution in [0.2, 0.25) is 0 Å². The van der Waals surface area contributed by atoms with E-state index < -0.39 is 0 Å². The number of carbonyl (C=O) groups is 1. The van der Waals surface area contributed by atoms with Crippen LogP contribution in [0.15, 0.2) is 82.4 Å². The molecule has 2 aliphatic rings. The van der Waals surface area contributed by atoms with Gasteiger partial charge < -0.3 is 4.90 Å². The quantitative estimate of drug-likeness (QED) is 0.726. The number of likely N-dealkylation sites (N-methyl/N-ethyl adjacent to an activating group) is 1. The molecule has 0 aromatic heterocycles. The van der Waals surface area contributed by atoms with Crippen LogP contribution in [0.4, 0.5) is 0 Å². The van der Waals surface area contributed by atoms with Gasteiger partial charge in [0.25, 0.3) is 5.91 Å². The fourth-order valence-corrected chi connectivity index (χ4v) is 4.30. The van der Waals surface area contributed by atoms with E-state index in [-0.39, 0.29) is 29.3 Å². The average molecular weight is 400 g/mol. The molecule has 30 heavy (non-hydrogen) atoms. The molecule has 0 saturated carbocycles. The van der Waals surface area contributed by atoms with Gasteiger partial charge >= 0.3 is 0 Å². The second kappa shape index (κ2) is 7.71. The van der Waals surface area contributed by atoms with Crippen molar-refractivity contribution in [3.8, 4) is 0 Å². The standard InChI is InChI=1S/C24H24N4O2/c1-15-7-5-9-18(11-15)21(19-10-6-8-16(2)12-19)20-14-27(4)24(29)23-22(26-30)17(3)13-25-28(20)23/h5-13,20-21H,3,14H2,1-2,4H3. The molecule has 6 nitrogen and oxygen atoms in total. The predicted molar refractivity (Wildman–Crippen MR) is 118 cm³/mol. The molecule has 1 atom stereocenters. The predicted octanol–water partition coefficient (Wildman–Crippen LogP) is 4.11. The number of hydrogen-bond donors (Lipinski definition) is 0. The highest BCUT2D eigenvalue weighted by atomic mass is 16.3. The first-order chi connectivity index (χ1) is 14.4. The molecule has 1 saturated heterocycles. The van der Waals surface area contributed by atoms with E-state index in [2.05, 4.69) is 67.1 Å². The van der Waals surface area contributed by atoms with E-state index in [9.17, 15) is 9.70 Å². The molecule has 1 fully saturated rings. The van der Waals surface area contributed by atoms with Crippen molar-refractivity contribution in [3.63, 3.8) is 0 Å². The number of fused-ring (bicyclic) bond motifs is 1. The van der Waals surface area contributed by atoms with Crippen molar-refractivity contribution in [1.82, 2.24) is 9.91 Å². The van der Waals surface area contributed by atoms with Crippen LogP contribution >= 0.6 is 0 Å². The van der Waals surface area contributed by atoms with Gasteiger partial charge in [-0.05, 0) is 30.2 Å². The Morgan fingerprint density at radius 2 is 1.70 bits per heavy atom. The van der Waals surface area contributed by atoms with Gasteiger partial charge in [0, 0.05) is 25.1 Å². The van der Waals surface area contributed by atoms with Crippen molar-refractivity contribution < 1.29 is 4.79 Å². The highest BCUT2D eigenvalue weighted by Crippen LogP contribution is 2.39. The Labute approximate surface area is 176 Å². The summed E-state index contributed by atoms with van der Waals surface area (Å²) in [6, 6.07) is 16.6. The number of allylic oxidation sites excluding steroid dienone is 1. The molecular weight excluding hydrogens is 376 g/mol. The summed E-state index contributed by atoms with van der Waals surface area (Å²) in [6.45, 7) is 8.42. The molecule has 2 aromatic carbocycles. The Kier molecular flexibility index (Phi) is 5.08. The van der Waals surface area contributed by atoms with Crippen LogP contribution in [0.1, 0.15) is 28.2 Å². The Morgan fingerprint density at radius 1 is 1.10 bits per heavy atom. The minimum atomic E-state index is -0.272. The molecule has 0 aliphatic carbocycles. The van der Waals surface area contributed by atoms with E-state index in [1.807, 2.05) is 12.1 Å². The molecule has 0 N–H and O–H groups in total. The van der Waals surface area contributed by atoms with Crippen molar-refractivity contribution in [2.24, 2.45) is 10.3 Å². The van der Waals surface area contributed by atoms with Gasteiger partial charge in [0.2, 0.25) is 0 Å². The van der Waals surface area contributed by atoms with Crippen LogP contribution in [0.3, 0.4) is 0 Å². The summed E-state index contributed by atoms with van der Waals surface area (Å²) in [5.41, 5.74) is 5.18. The molecule has 1 unspecified atom stereocenters. The number of nitroso groups, excluding NO2 is 1. The minimum Gasteiger partial charge on any atom is -0.338 e. The SMILES string of the molecule is C=C1C=NN2C(=C1N=O)C(=O)N(C)CC2C(c1cccc(C)c1)c1cccc(C)c1. The largest absolute Gasteiger partial charge is 0.338 e. The third-order valence-corrected chi connectivity index (χ3v) is 5.70. The Morgan fingerprint density at radius 3 is 2.23 bits per heavy atom. The van der Waals surface area contributed by atoms with Gasteiger partial charge in [-0.25, -0.2) is 0 Å². The number of piperazine rings is 1. The second-order valence-corrected chi connectivity index (χ2v) is 7.96. The van der Waals surface area contributed by atoms with E-state index in [1.165, 1.54) is 6.21 Å². The fourth-order valence-electron chi connectivity index (χ4n) is 4.30. The van der Waals surface area contributed by atoms with Crippen LogP contribution in [0.25, 0.3) is 0 Å². The maximum atomic E-state index is 12.9. The van der Waals surface area contributed by atoms with Crippen molar-refractivity contribution in [1.29, 1.82) is 0 Å². The lowest BCUT2D eigenvalue weighted by Gasteiger charge is -2.44. The normalized spacial score (nSPS) is 18.9. The van der Waals surface area contributed by atoms with Gasteiger partial charge in [0.1, 0.15) is 5.70 Å². The molecular formula is C24H24N4O2. The van der Waals surface area contributed by atoms with Crippen molar-refractivity contribution >= 4 is 12.1 Å². The number of hydrogen-bond acceptors (Lipinski definition) is 5. The average Bonchev–Trinajstić information content (AvgIpc) is 2.72. The monoisotopic (exact) mass is 400 g/mol. The van der Waals surface area contributed by atoms with Crippen LogP contribution in [-0.4, -0.2) is 41.7 Å². The number of hydrazone groups is 1. The van der Waals surface area contributed by atoms with Crippen LogP contribution in [-0.2, 0) is 4.79 Å². The molecule has 1 amide bonds. The lowest BCUT2D eigenvalue weighted by atomic mass is 9.82. The summed E-state index contributed by atoms with van der Waals surface area (Å²) in [4.78, 5) is 26.1. The lowest BCUT2D eigenvalue weighted by Crippen LogP contribution is -2.54. The second-order valence-electron chi connectivity index (χ2n) is 7.96. The Bertz CT molecular complexity index is 1060. The highest BCUT2D eigenvalue weighted by molar-refractivity contribution is 5.99. The summed E-state index contributed by atoms with van der Waals surface area (Å²) < 4.78 is 0. The number of amides is 1. The summed E-state index contributed by atoms with van der Waals surface area (Å²) in [5, 5.41) is 9.30. The summed E-state index contributed by atoms with van der Waals surface area (Å²) in [6.07, 6.45) is 1.51. The summed E-state index contributed by atoms with van der Waals surface area (Å²) in [7, 11) is 1.74. The Balaban J connectivity index is 1.91. The molecule has 6 heteroatoms. The van der Waals surface area contributed by atoms with Crippen LogP contribution in [0, 0.1) is 18.8 Å². The topological polar surface area (TPSA) is 65.3 Å². The smallest absolute Gasteiger partial charge is 0.274 e. The van der Waals surface area contributed by atoms with E-state index in [4.69, 9.17) is 0 Å². The van der Waals surface area contributed by atoms with Crippen LogP contribution < -0.4 is 0 Å². The fraction of sp³-hybridized carbons (Fsp3) is 0.250. The van der Waals surface area contributed by atoms with E-state index >= 15 is 0 Å². The first-order valence-corrected chi connectivity index (χ1v) is 9.89. The molecule has 0 bridgehead atoms. The lowest BCUT2D eigenvalue weighted by molar-refractivity contribution is -0.132. The molecule has 0 radical (unpaired) electrons. The van der Waals surface area contributed by atoms with Crippen LogP contribution in [0.5, 0.6) is 0 Å². The van der Waals surface area contributed by atoms with Gasteiger partial charge in [-0.15, -0.1) is 4.91 Å². The van der Waals surface area contributed by atoms with Gasteiger partial charge in [-0.1, -0.05) is 66.2 Å². The van der Waals surface area contributed by atoms with Gasteiger partial charge in [0.05, 0.1) is 12.3 Å². The third-order valence-electron chi connectivity index (χ3n) is 5.70. The number of benzene rings is 2. The Hall–Kier alpha value is -3.54. The van der Waals surface area contributed by atoms with Gasteiger partial charge in [0.15, 0.2) is 5.70 Å². The maximum Gasteiger partial charge on any atom is 0.274 e. The van der Waals surface area contributed by atoms with E-state index in [0.29, 0.717) is 12.1 Å². The van der Waals surface area contributed by atoms with Crippen molar-refractivity contribution in [2.45, 2.75) is 25.8 Å². The number of aryl methyl sites for hydroxylation is 2. The number of nitrogens with zero attached hydrogens (tertiary/aromatic N) is 4. The molecule has 4 rings (SSSR count). The van der Waals surface area contributed by atoms with Crippen molar-refractivity contribution in [2.75, 3.05) is 13.6 Å².